The van der Waals surface area contributed by atoms with Crippen molar-refractivity contribution in [3.8, 4) is 10.4 Å². The zero-order valence-electron chi connectivity index (χ0n) is 9.05. The van der Waals surface area contributed by atoms with Gasteiger partial charge in [-0.25, -0.2) is 8.42 Å². The molecule has 0 radical (unpaired) electrons. The van der Waals surface area contributed by atoms with E-state index >= 15 is 0 Å². The molecule has 18 heavy (non-hydrogen) atoms. The highest BCUT2D eigenvalue weighted by molar-refractivity contribution is 7.72. The van der Waals surface area contributed by atoms with Gasteiger partial charge in [0, 0.05) is 9.80 Å². The SMILES string of the molecule is O=[N+]([O-])C(c1ccc(-c2ccccc2)s1)[SH](=O)=O. The minimum absolute atomic E-state index is 0.231. The summed E-state index contributed by atoms with van der Waals surface area (Å²) in [5.41, 5.74) is 0.914. The molecule has 0 saturated carbocycles. The van der Waals surface area contributed by atoms with Crippen molar-refractivity contribution < 1.29 is 13.3 Å². The Morgan fingerprint density at radius 3 is 2.33 bits per heavy atom. The molecule has 1 atom stereocenters. The van der Waals surface area contributed by atoms with Crippen molar-refractivity contribution in [1.29, 1.82) is 0 Å². The molecule has 2 aromatic rings. The number of rotatable bonds is 4. The molecule has 7 heteroatoms. The molecular formula is C11H9NO4S2. The maximum absolute atomic E-state index is 10.9. The van der Waals surface area contributed by atoms with Gasteiger partial charge in [-0.3, -0.25) is 10.1 Å². The smallest absolute Gasteiger partial charge is 0.263 e. The van der Waals surface area contributed by atoms with Crippen LogP contribution in [0.15, 0.2) is 42.5 Å². The van der Waals surface area contributed by atoms with Gasteiger partial charge < -0.3 is 0 Å². The maximum atomic E-state index is 10.9. The number of thiophene rings is 1. The van der Waals surface area contributed by atoms with Gasteiger partial charge in [0.1, 0.15) is 0 Å². The third kappa shape index (κ3) is 2.57. The second-order valence-electron chi connectivity index (χ2n) is 3.51. The number of hydrogen-bond acceptors (Lipinski definition) is 5. The molecule has 94 valence electrons. The number of benzene rings is 1. The van der Waals surface area contributed by atoms with Gasteiger partial charge in [0.15, 0.2) is 0 Å². The lowest BCUT2D eigenvalue weighted by Gasteiger charge is -1.98. The van der Waals surface area contributed by atoms with Gasteiger partial charge in [-0.1, -0.05) is 30.3 Å². The summed E-state index contributed by atoms with van der Waals surface area (Å²) in [7, 11) is -3.12. The van der Waals surface area contributed by atoms with E-state index in [0.717, 1.165) is 21.8 Å². The number of hydrogen-bond donors (Lipinski definition) is 1. The van der Waals surface area contributed by atoms with E-state index in [1.54, 1.807) is 6.07 Å². The van der Waals surface area contributed by atoms with Crippen LogP contribution in [0.25, 0.3) is 10.4 Å². The molecule has 5 nitrogen and oxygen atoms in total. The second-order valence-corrected chi connectivity index (χ2v) is 5.69. The highest BCUT2D eigenvalue weighted by Gasteiger charge is 2.28. The van der Waals surface area contributed by atoms with Crippen molar-refractivity contribution in [3.05, 3.63) is 57.5 Å². The van der Waals surface area contributed by atoms with Crippen molar-refractivity contribution in [1.82, 2.24) is 0 Å². The van der Waals surface area contributed by atoms with Crippen LogP contribution >= 0.6 is 11.3 Å². The van der Waals surface area contributed by atoms with Crippen LogP contribution in [0.1, 0.15) is 10.3 Å². The van der Waals surface area contributed by atoms with Gasteiger partial charge in [-0.2, -0.15) is 0 Å². The highest BCUT2D eigenvalue weighted by atomic mass is 32.2. The van der Waals surface area contributed by atoms with Crippen molar-refractivity contribution in [2.45, 2.75) is 5.37 Å². The molecule has 0 saturated heterocycles. The van der Waals surface area contributed by atoms with Gasteiger partial charge in [0.05, 0.1) is 4.88 Å². The Labute approximate surface area is 109 Å². The predicted molar refractivity (Wildman–Crippen MR) is 69.8 cm³/mol. The number of thiol groups is 1. The molecule has 1 unspecified atom stereocenters. The fourth-order valence-corrected chi connectivity index (χ4v) is 3.37. The van der Waals surface area contributed by atoms with E-state index in [4.69, 9.17) is 0 Å². The summed E-state index contributed by atoms with van der Waals surface area (Å²) in [6, 6.07) is 12.5. The quantitative estimate of drug-likeness (QED) is 0.530. The molecule has 0 fully saturated rings. The molecule has 0 aliphatic carbocycles. The van der Waals surface area contributed by atoms with Gasteiger partial charge in [-0.05, 0) is 17.7 Å². The van der Waals surface area contributed by atoms with E-state index < -0.39 is 21.0 Å². The molecule has 2 rings (SSSR count). The maximum Gasteiger partial charge on any atom is 0.341 e. The molecule has 1 aromatic carbocycles. The summed E-state index contributed by atoms with van der Waals surface area (Å²) in [4.78, 5) is 11.0. The van der Waals surface area contributed by atoms with Crippen LogP contribution in [-0.2, 0) is 10.7 Å². The zero-order chi connectivity index (χ0) is 13.1. The Bertz CT molecular complexity index is 626. The van der Waals surface area contributed by atoms with E-state index in [9.17, 15) is 18.5 Å². The molecule has 1 heterocycles. The normalized spacial score (nSPS) is 12.5. The topological polar surface area (TPSA) is 77.3 Å². The van der Waals surface area contributed by atoms with Crippen LogP contribution < -0.4 is 0 Å². The molecular weight excluding hydrogens is 274 g/mol. The standard InChI is InChI=1S/C11H9NO4S2/c13-12(14)11(18(15)16)10-7-6-9(17-10)8-4-2-1-3-5-8/h1-7,11,18H. The Morgan fingerprint density at radius 1 is 1.11 bits per heavy atom. The fourth-order valence-electron chi connectivity index (χ4n) is 1.53. The second kappa shape index (κ2) is 5.28. The monoisotopic (exact) mass is 283 g/mol. The minimum Gasteiger partial charge on any atom is -0.263 e. The summed E-state index contributed by atoms with van der Waals surface area (Å²) in [5, 5.41) is 9.07. The molecule has 0 aliphatic heterocycles. The Kier molecular flexibility index (Phi) is 3.73. The number of nitro groups is 1. The third-order valence-electron chi connectivity index (χ3n) is 2.34. The van der Waals surface area contributed by atoms with Gasteiger partial charge >= 0.3 is 5.37 Å². The minimum atomic E-state index is -3.12. The van der Waals surface area contributed by atoms with E-state index in [-0.39, 0.29) is 4.88 Å². The first kappa shape index (κ1) is 12.7. The molecule has 0 aliphatic rings. The average Bonchev–Trinajstić information content (AvgIpc) is 2.78. The van der Waals surface area contributed by atoms with E-state index in [2.05, 4.69) is 0 Å². The summed E-state index contributed by atoms with van der Waals surface area (Å²) in [6.45, 7) is 0. The highest BCUT2D eigenvalue weighted by Crippen LogP contribution is 2.32. The van der Waals surface area contributed by atoms with Gasteiger partial charge in [0.25, 0.3) is 0 Å². The molecule has 0 N–H and O–H groups in total. The largest absolute Gasteiger partial charge is 0.341 e. The lowest BCUT2D eigenvalue weighted by Crippen LogP contribution is -2.10. The lowest BCUT2D eigenvalue weighted by atomic mass is 10.2. The van der Waals surface area contributed by atoms with Gasteiger partial charge in [0.2, 0.25) is 10.7 Å². The van der Waals surface area contributed by atoms with E-state index in [1.165, 1.54) is 6.07 Å². The number of nitrogens with zero attached hydrogens (tertiary/aromatic N) is 1. The van der Waals surface area contributed by atoms with Gasteiger partial charge in [-0.15, -0.1) is 11.3 Å². The van der Waals surface area contributed by atoms with Crippen molar-refractivity contribution in [2.24, 2.45) is 0 Å². The molecule has 0 amide bonds. The van der Waals surface area contributed by atoms with Crippen molar-refractivity contribution in [2.75, 3.05) is 0 Å². The summed E-state index contributed by atoms with van der Waals surface area (Å²) in [5.74, 6) is 0. The Hall–Kier alpha value is -1.73. The van der Waals surface area contributed by atoms with Crippen LogP contribution in [0.3, 0.4) is 0 Å². The zero-order valence-corrected chi connectivity index (χ0v) is 10.8. The first-order chi connectivity index (χ1) is 8.59. The van der Waals surface area contributed by atoms with Crippen LogP contribution in [0.4, 0.5) is 0 Å². The van der Waals surface area contributed by atoms with Crippen LogP contribution in [-0.4, -0.2) is 13.3 Å². The summed E-state index contributed by atoms with van der Waals surface area (Å²) in [6.07, 6.45) is 0. The summed E-state index contributed by atoms with van der Waals surface area (Å²) < 4.78 is 21.8. The third-order valence-corrected chi connectivity index (χ3v) is 4.57. The fraction of sp³-hybridized carbons (Fsp3) is 0.0909. The van der Waals surface area contributed by atoms with Crippen LogP contribution in [0.5, 0.6) is 0 Å². The van der Waals surface area contributed by atoms with Crippen molar-refractivity contribution >= 4 is 22.0 Å². The van der Waals surface area contributed by atoms with E-state index in [1.807, 2.05) is 30.3 Å². The van der Waals surface area contributed by atoms with Crippen molar-refractivity contribution in [3.63, 3.8) is 0 Å². The first-order valence-electron chi connectivity index (χ1n) is 5.01. The predicted octanol–water partition coefficient (Wildman–Crippen LogP) is 2.30. The molecule has 0 spiro atoms. The summed E-state index contributed by atoms with van der Waals surface area (Å²) >= 11 is 1.13. The first-order valence-corrected chi connectivity index (χ1v) is 7.08. The molecule has 0 bridgehead atoms. The lowest BCUT2D eigenvalue weighted by molar-refractivity contribution is -0.501. The van der Waals surface area contributed by atoms with Crippen LogP contribution in [0, 0.1) is 10.1 Å². The van der Waals surface area contributed by atoms with E-state index in [0.29, 0.717) is 0 Å². The Morgan fingerprint density at radius 2 is 1.78 bits per heavy atom. The Balaban J connectivity index is 2.39. The van der Waals surface area contributed by atoms with Crippen LogP contribution in [0.2, 0.25) is 0 Å². The molecule has 1 aromatic heterocycles. The average molecular weight is 283 g/mol.